The minimum absolute atomic E-state index is 0.140. The van der Waals surface area contributed by atoms with E-state index in [0.29, 0.717) is 11.1 Å². The molecule has 23 heavy (non-hydrogen) atoms. The van der Waals surface area contributed by atoms with Crippen LogP contribution in [0, 0.1) is 12.7 Å². The average Bonchev–Trinajstić information content (AvgIpc) is 2.55. The van der Waals surface area contributed by atoms with E-state index < -0.39 is 5.97 Å². The fraction of sp³-hybridized carbons (Fsp3) is 0.0500. The van der Waals surface area contributed by atoms with Crippen molar-refractivity contribution < 1.29 is 14.3 Å². The molecule has 0 amide bonds. The maximum atomic E-state index is 14.0. The number of benzene rings is 3. The lowest BCUT2D eigenvalue weighted by atomic mass is 9.95. The molecule has 3 aromatic rings. The van der Waals surface area contributed by atoms with Crippen LogP contribution in [0.2, 0.25) is 0 Å². The van der Waals surface area contributed by atoms with E-state index in [1.54, 1.807) is 24.3 Å². The van der Waals surface area contributed by atoms with Gasteiger partial charge in [0.05, 0.1) is 5.56 Å². The molecule has 0 aliphatic carbocycles. The van der Waals surface area contributed by atoms with E-state index in [9.17, 15) is 14.3 Å². The largest absolute Gasteiger partial charge is 0.478 e. The Kier molecular flexibility index (Phi) is 3.94. The van der Waals surface area contributed by atoms with Crippen LogP contribution in [0.3, 0.4) is 0 Å². The van der Waals surface area contributed by atoms with Crippen LogP contribution in [0.4, 0.5) is 4.39 Å². The number of carboxylic acid groups (broad SMARTS) is 1. The highest BCUT2D eigenvalue weighted by Crippen LogP contribution is 2.30. The fourth-order valence-corrected chi connectivity index (χ4v) is 2.51. The molecular formula is C20H15FO2. The highest BCUT2D eigenvalue weighted by atomic mass is 19.1. The van der Waals surface area contributed by atoms with Gasteiger partial charge < -0.3 is 5.11 Å². The Morgan fingerprint density at radius 1 is 0.870 bits per heavy atom. The highest BCUT2D eigenvalue weighted by molar-refractivity contribution is 5.92. The molecule has 0 saturated carbocycles. The fourth-order valence-electron chi connectivity index (χ4n) is 2.51. The Hall–Kier alpha value is -2.94. The molecule has 0 spiro atoms. The molecule has 0 aliphatic heterocycles. The van der Waals surface area contributed by atoms with Crippen LogP contribution in [0.15, 0.2) is 66.7 Å². The summed E-state index contributed by atoms with van der Waals surface area (Å²) < 4.78 is 14.0. The first-order valence-electron chi connectivity index (χ1n) is 7.25. The number of carboxylic acids is 1. The van der Waals surface area contributed by atoms with E-state index >= 15 is 0 Å². The Morgan fingerprint density at radius 2 is 1.52 bits per heavy atom. The number of aromatic carboxylic acids is 1. The standard InChI is InChI=1S/C20H15FO2/c1-13-6-8-14(9-7-13)15-10-16(12-17(11-15)20(22)23)18-4-2-3-5-19(18)21/h2-12H,1H3,(H,22,23). The van der Waals surface area contributed by atoms with Gasteiger partial charge in [-0.1, -0.05) is 48.0 Å². The molecule has 0 radical (unpaired) electrons. The van der Waals surface area contributed by atoms with Crippen LogP contribution < -0.4 is 0 Å². The van der Waals surface area contributed by atoms with Gasteiger partial charge in [-0.2, -0.15) is 0 Å². The lowest BCUT2D eigenvalue weighted by Crippen LogP contribution is -1.98. The van der Waals surface area contributed by atoms with Crippen LogP contribution in [0.5, 0.6) is 0 Å². The molecule has 3 rings (SSSR count). The predicted octanol–water partition coefficient (Wildman–Crippen LogP) is 5.17. The van der Waals surface area contributed by atoms with Crippen molar-refractivity contribution in [1.82, 2.24) is 0 Å². The van der Waals surface area contributed by atoms with Crippen LogP contribution in [-0.2, 0) is 0 Å². The molecule has 0 aliphatic rings. The molecule has 0 aromatic heterocycles. The maximum Gasteiger partial charge on any atom is 0.335 e. The Bertz CT molecular complexity index is 867. The molecular weight excluding hydrogens is 291 g/mol. The zero-order chi connectivity index (χ0) is 16.4. The van der Waals surface area contributed by atoms with Gasteiger partial charge in [-0.3, -0.25) is 0 Å². The van der Waals surface area contributed by atoms with Crippen molar-refractivity contribution >= 4 is 5.97 Å². The summed E-state index contributed by atoms with van der Waals surface area (Å²) in [4.78, 5) is 11.4. The summed E-state index contributed by atoms with van der Waals surface area (Å²) in [7, 11) is 0. The average molecular weight is 306 g/mol. The number of halogens is 1. The summed E-state index contributed by atoms with van der Waals surface area (Å²) in [6, 6.07) is 19.1. The molecule has 2 nitrogen and oxygen atoms in total. The highest BCUT2D eigenvalue weighted by Gasteiger charge is 2.12. The van der Waals surface area contributed by atoms with Crippen molar-refractivity contribution in [2.45, 2.75) is 6.92 Å². The van der Waals surface area contributed by atoms with E-state index in [-0.39, 0.29) is 11.4 Å². The number of hydrogen-bond acceptors (Lipinski definition) is 1. The summed E-state index contributed by atoms with van der Waals surface area (Å²) in [6.45, 7) is 1.99. The van der Waals surface area contributed by atoms with Crippen molar-refractivity contribution in [1.29, 1.82) is 0 Å². The van der Waals surface area contributed by atoms with Gasteiger partial charge in [0.15, 0.2) is 0 Å². The maximum absolute atomic E-state index is 14.0. The van der Waals surface area contributed by atoms with E-state index in [0.717, 1.165) is 16.7 Å². The molecule has 3 aromatic carbocycles. The minimum atomic E-state index is -1.03. The first-order valence-corrected chi connectivity index (χ1v) is 7.25. The zero-order valence-corrected chi connectivity index (χ0v) is 12.6. The van der Waals surface area contributed by atoms with Gasteiger partial charge in [-0.05, 0) is 47.9 Å². The van der Waals surface area contributed by atoms with Crippen molar-refractivity contribution in [3.8, 4) is 22.3 Å². The Labute approximate surface area is 133 Å². The summed E-state index contributed by atoms with van der Waals surface area (Å²) in [6.07, 6.45) is 0. The van der Waals surface area contributed by atoms with Gasteiger partial charge in [-0.15, -0.1) is 0 Å². The SMILES string of the molecule is Cc1ccc(-c2cc(C(=O)O)cc(-c3ccccc3F)c2)cc1. The number of rotatable bonds is 3. The van der Waals surface area contributed by atoms with Crippen LogP contribution in [0.1, 0.15) is 15.9 Å². The normalized spacial score (nSPS) is 10.5. The summed E-state index contributed by atoms with van der Waals surface area (Å²) in [5.41, 5.74) is 3.86. The summed E-state index contributed by atoms with van der Waals surface area (Å²) >= 11 is 0. The van der Waals surface area contributed by atoms with E-state index in [1.807, 2.05) is 37.3 Å². The lowest BCUT2D eigenvalue weighted by molar-refractivity contribution is 0.0697. The van der Waals surface area contributed by atoms with E-state index in [4.69, 9.17) is 0 Å². The van der Waals surface area contributed by atoms with Gasteiger partial charge in [0.25, 0.3) is 0 Å². The van der Waals surface area contributed by atoms with Gasteiger partial charge in [0.2, 0.25) is 0 Å². The van der Waals surface area contributed by atoms with E-state index in [2.05, 4.69) is 0 Å². The first-order chi connectivity index (χ1) is 11.0. The topological polar surface area (TPSA) is 37.3 Å². The van der Waals surface area contributed by atoms with Crippen LogP contribution in [0.25, 0.3) is 22.3 Å². The molecule has 0 heterocycles. The van der Waals surface area contributed by atoms with Gasteiger partial charge >= 0.3 is 5.97 Å². The van der Waals surface area contributed by atoms with Crippen molar-refractivity contribution in [3.05, 3.63) is 83.7 Å². The number of hydrogen-bond donors (Lipinski definition) is 1. The molecule has 0 saturated heterocycles. The summed E-state index contributed by atoms with van der Waals surface area (Å²) in [5, 5.41) is 9.35. The number of carbonyl (C=O) groups is 1. The van der Waals surface area contributed by atoms with Crippen LogP contribution >= 0.6 is 0 Å². The smallest absolute Gasteiger partial charge is 0.335 e. The van der Waals surface area contributed by atoms with Crippen molar-refractivity contribution in [3.63, 3.8) is 0 Å². The Morgan fingerprint density at radius 3 is 2.17 bits per heavy atom. The van der Waals surface area contributed by atoms with Crippen LogP contribution in [-0.4, -0.2) is 11.1 Å². The minimum Gasteiger partial charge on any atom is -0.478 e. The van der Waals surface area contributed by atoms with Crippen molar-refractivity contribution in [2.24, 2.45) is 0 Å². The van der Waals surface area contributed by atoms with Gasteiger partial charge in [0.1, 0.15) is 5.82 Å². The van der Waals surface area contributed by atoms with Gasteiger partial charge in [0, 0.05) is 5.56 Å². The molecule has 114 valence electrons. The second-order valence-electron chi connectivity index (χ2n) is 5.45. The summed E-state index contributed by atoms with van der Waals surface area (Å²) in [5.74, 6) is -1.40. The van der Waals surface area contributed by atoms with Crippen molar-refractivity contribution in [2.75, 3.05) is 0 Å². The molecule has 1 N–H and O–H groups in total. The second-order valence-corrected chi connectivity index (χ2v) is 5.45. The quantitative estimate of drug-likeness (QED) is 0.725. The third-order valence-corrected chi connectivity index (χ3v) is 3.75. The third kappa shape index (κ3) is 3.14. The van der Waals surface area contributed by atoms with Gasteiger partial charge in [-0.25, -0.2) is 9.18 Å². The molecule has 3 heteroatoms. The predicted molar refractivity (Wildman–Crippen MR) is 89.0 cm³/mol. The first kappa shape index (κ1) is 15.0. The van der Waals surface area contributed by atoms with E-state index in [1.165, 1.54) is 12.1 Å². The molecule has 0 fully saturated rings. The molecule has 0 unspecified atom stereocenters. The monoisotopic (exact) mass is 306 g/mol. The molecule has 0 bridgehead atoms. The lowest BCUT2D eigenvalue weighted by Gasteiger charge is -2.09. The zero-order valence-electron chi connectivity index (χ0n) is 12.6. The third-order valence-electron chi connectivity index (χ3n) is 3.75. The molecule has 0 atom stereocenters. The Balaban J connectivity index is 2.20. The number of aryl methyl sites for hydroxylation is 1. The second kappa shape index (κ2) is 6.05.